The summed E-state index contributed by atoms with van der Waals surface area (Å²) in [4.78, 5) is 27.1. The van der Waals surface area contributed by atoms with Gasteiger partial charge in [-0.3, -0.25) is 4.79 Å². The number of nitrogens with one attached hydrogen (secondary N) is 1. The largest absolute Gasteiger partial charge is 0.508 e. The molecule has 0 bridgehead atoms. The zero-order chi connectivity index (χ0) is 16.1. The molecule has 0 saturated carbocycles. The Morgan fingerprint density at radius 2 is 2.09 bits per heavy atom. The lowest BCUT2D eigenvalue weighted by Crippen LogP contribution is -2.15. The van der Waals surface area contributed by atoms with Gasteiger partial charge in [-0.25, -0.2) is 14.2 Å². The number of methoxy groups -OCH3 is 1. The van der Waals surface area contributed by atoms with Crippen molar-refractivity contribution in [1.82, 2.24) is 4.98 Å². The van der Waals surface area contributed by atoms with Crippen molar-refractivity contribution < 1.29 is 23.8 Å². The van der Waals surface area contributed by atoms with E-state index in [1.165, 1.54) is 31.5 Å². The Hall–Kier alpha value is -2.96. The molecule has 1 aromatic heterocycles. The molecule has 0 unspecified atom stereocenters. The Balaban J connectivity index is 2.09. The number of esters is 1. The van der Waals surface area contributed by atoms with Crippen LogP contribution in [0.5, 0.6) is 5.75 Å². The molecule has 22 heavy (non-hydrogen) atoms. The maximum atomic E-state index is 13.1. The number of carbonyl (C=O) groups is 2. The van der Waals surface area contributed by atoms with Crippen molar-refractivity contribution in [3.63, 3.8) is 0 Å². The van der Waals surface area contributed by atoms with Gasteiger partial charge in [0.1, 0.15) is 17.3 Å². The van der Waals surface area contributed by atoms with Gasteiger partial charge in [-0.15, -0.1) is 0 Å². The van der Waals surface area contributed by atoms with Gasteiger partial charge in [-0.2, -0.15) is 0 Å². The highest BCUT2D eigenvalue weighted by Crippen LogP contribution is 2.19. The highest BCUT2D eigenvalue weighted by Gasteiger charge is 2.11. The number of halogens is 1. The number of carbonyl (C=O) groups excluding carboxylic acids is 2. The maximum Gasteiger partial charge on any atom is 0.356 e. The fourth-order valence-corrected chi connectivity index (χ4v) is 1.80. The minimum absolute atomic E-state index is 0.0499. The lowest BCUT2D eigenvalue weighted by Gasteiger charge is -2.07. The van der Waals surface area contributed by atoms with Crippen LogP contribution in [0.25, 0.3) is 0 Å². The number of nitrogens with zero attached hydrogens (tertiary/aromatic N) is 1. The van der Waals surface area contributed by atoms with Crippen LogP contribution < -0.4 is 5.32 Å². The minimum Gasteiger partial charge on any atom is -0.508 e. The molecule has 0 aliphatic rings. The number of aromatic nitrogens is 1. The summed E-state index contributed by atoms with van der Waals surface area (Å²) >= 11 is 0. The second-order valence-electron chi connectivity index (χ2n) is 4.42. The summed E-state index contributed by atoms with van der Waals surface area (Å²) in [6, 6.07) is 6.22. The van der Waals surface area contributed by atoms with E-state index in [1.54, 1.807) is 0 Å². The van der Waals surface area contributed by atoms with E-state index in [2.05, 4.69) is 15.0 Å². The van der Waals surface area contributed by atoms with Crippen LogP contribution in [0, 0.1) is 5.82 Å². The average molecular weight is 304 g/mol. The van der Waals surface area contributed by atoms with Gasteiger partial charge in [-0.05, 0) is 30.3 Å². The van der Waals surface area contributed by atoms with Crippen LogP contribution in [0.15, 0.2) is 36.5 Å². The number of amides is 1. The number of ether oxygens (including phenoxy) is 1. The first kappa shape index (κ1) is 15.4. The van der Waals surface area contributed by atoms with E-state index in [0.29, 0.717) is 5.69 Å². The van der Waals surface area contributed by atoms with Crippen LogP contribution in [0.4, 0.5) is 10.1 Å². The molecule has 6 nitrogen and oxygen atoms in total. The molecule has 1 aromatic carbocycles. The summed E-state index contributed by atoms with van der Waals surface area (Å²) in [5.74, 6) is -1.80. The zero-order valence-electron chi connectivity index (χ0n) is 11.7. The predicted octanol–water partition coefficient (Wildman–Crippen LogP) is 1.89. The molecular formula is C15H13FN2O4. The molecule has 0 aliphatic heterocycles. The van der Waals surface area contributed by atoms with Gasteiger partial charge in [0.15, 0.2) is 0 Å². The average Bonchev–Trinajstić information content (AvgIpc) is 2.50. The summed E-state index contributed by atoms with van der Waals surface area (Å²) in [6.45, 7) is 0. The van der Waals surface area contributed by atoms with Crippen molar-refractivity contribution in [2.75, 3.05) is 12.4 Å². The Bertz CT molecular complexity index is 718. The number of aromatic hydroxyl groups is 1. The molecule has 0 spiro atoms. The first-order valence-corrected chi connectivity index (χ1v) is 6.31. The van der Waals surface area contributed by atoms with Crippen molar-refractivity contribution in [1.29, 1.82) is 0 Å². The molecule has 0 atom stereocenters. The van der Waals surface area contributed by atoms with E-state index in [4.69, 9.17) is 0 Å². The molecule has 0 saturated heterocycles. The fourth-order valence-electron chi connectivity index (χ4n) is 1.80. The number of hydrogen-bond donors (Lipinski definition) is 2. The van der Waals surface area contributed by atoms with Gasteiger partial charge in [-0.1, -0.05) is 0 Å². The van der Waals surface area contributed by atoms with E-state index in [0.717, 1.165) is 12.1 Å². The standard InChI is InChI=1S/C15H13FN2O4/c1-22-15(21)12-8-11(4-5-17-12)18-14(20)7-9-6-10(16)2-3-13(9)19/h2-6,8,19H,7H2,1H3,(H,17,18,20). The monoisotopic (exact) mass is 304 g/mol. The van der Waals surface area contributed by atoms with Crippen LogP contribution in [0.3, 0.4) is 0 Å². The summed E-state index contributed by atoms with van der Waals surface area (Å²) in [6.07, 6.45) is 1.14. The molecule has 114 valence electrons. The van der Waals surface area contributed by atoms with Gasteiger partial charge >= 0.3 is 5.97 Å². The molecule has 0 fully saturated rings. The van der Waals surface area contributed by atoms with Crippen molar-refractivity contribution >= 4 is 17.6 Å². The number of pyridine rings is 1. The van der Waals surface area contributed by atoms with Crippen molar-refractivity contribution in [2.45, 2.75) is 6.42 Å². The van der Waals surface area contributed by atoms with E-state index in [1.807, 2.05) is 0 Å². The lowest BCUT2D eigenvalue weighted by atomic mass is 10.1. The van der Waals surface area contributed by atoms with Gasteiger partial charge < -0.3 is 15.2 Å². The first-order valence-electron chi connectivity index (χ1n) is 6.31. The van der Waals surface area contributed by atoms with Crippen molar-refractivity contribution in [3.8, 4) is 5.75 Å². The van der Waals surface area contributed by atoms with Gasteiger partial charge in [0.2, 0.25) is 5.91 Å². The molecule has 7 heteroatoms. The van der Waals surface area contributed by atoms with Crippen LogP contribution in [0.2, 0.25) is 0 Å². The maximum absolute atomic E-state index is 13.1. The number of rotatable bonds is 4. The van der Waals surface area contributed by atoms with Crippen LogP contribution in [-0.2, 0) is 16.0 Å². The highest BCUT2D eigenvalue weighted by molar-refractivity contribution is 5.94. The van der Waals surface area contributed by atoms with Crippen molar-refractivity contribution in [2.24, 2.45) is 0 Å². The van der Waals surface area contributed by atoms with Crippen LogP contribution in [-0.4, -0.2) is 29.1 Å². The normalized spacial score (nSPS) is 10.1. The zero-order valence-corrected chi connectivity index (χ0v) is 11.7. The third-order valence-corrected chi connectivity index (χ3v) is 2.83. The summed E-state index contributed by atoms with van der Waals surface area (Å²) < 4.78 is 17.6. The smallest absolute Gasteiger partial charge is 0.356 e. The van der Waals surface area contributed by atoms with E-state index in [-0.39, 0.29) is 23.4 Å². The molecule has 1 amide bonds. The molecule has 2 rings (SSSR count). The number of benzene rings is 1. The summed E-state index contributed by atoms with van der Waals surface area (Å²) in [7, 11) is 1.22. The Morgan fingerprint density at radius 3 is 2.82 bits per heavy atom. The quantitative estimate of drug-likeness (QED) is 0.842. The van der Waals surface area contributed by atoms with Crippen LogP contribution >= 0.6 is 0 Å². The minimum atomic E-state index is -0.626. The molecule has 0 radical (unpaired) electrons. The van der Waals surface area contributed by atoms with Gasteiger partial charge in [0.05, 0.1) is 13.5 Å². The predicted molar refractivity (Wildman–Crippen MR) is 76.0 cm³/mol. The number of phenolic OH excluding ortho intramolecular Hbond substituents is 1. The van der Waals surface area contributed by atoms with E-state index in [9.17, 15) is 19.1 Å². The molecule has 2 aromatic rings. The molecular weight excluding hydrogens is 291 g/mol. The Morgan fingerprint density at radius 1 is 1.32 bits per heavy atom. The van der Waals surface area contributed by atoms with Gasteiger partial charge in [0, 0.05) is 17.4 Å². The lowest BCUT2D eigenvalue weighted by molar-refractivity contribution is -0.115. The first-order chi connectivity index (χ1) is 10.5. The third kappa shape index (κ3) is 3.78. The Labute approximate surface area is 125 Å². The van der Waals surface area contributed by atoms with Gasteiger partial charge in [0.25, 0.3) is 0 Å². The van der Waals surface area contributed by atoms with Crippen LogP contribution in [0.1, 0.15) is 16.1 Å². The number of hydrogen-bond acceptors (Lipinski definition) is 5. The SMILES string of the molecule is COC(=O)c1cc(NC(=O)Cc2cc(F)ccc2O)ccn1. The second-order valence-corrected chi connectivity index (χ2v) is 4.42. The topological polar surface area (TPSA) is 88.5 Å². The molecule has 0 aliphatic carbocycles. The highest BCUT2D eigenvalue weighted by atomic mass is 19.1. The second kappa shape index (κ2) is 6.66. The molecule has 1 heterocycles. The Kier molecular flexibility index (Phi) is 4.67. The van der Waals surface area contributed by atoms with Crippen molar-refractivity contribution in [3.05, 3.63) is 53.6 Å². The third-order valence-electron chi connectivity index (χ3n) is 2.83. The molecule has 2 N–H and O–H groups in total. The fraction of sp³-hybridized carbons (Fsp3) is 0.133. The number of phenols is 1. The summed E-state index contributed by atoms with van der Waals surface area (Å²) in [5, 5.41) is 12.1. The summed E-state index contributed by atoms with van der Waals surface area (Å²) in [5.41, 5.74) is 0.560. The number of anilines is 1. The van der Waals surface area contributed by atoms with E-state index >= 15 is 0 Å². The van der Waals surface area contributed by atoms with E-state index < -0.39 is 17.7 Å².